The maximum Gasteiger partial charge on any atom is 0.255 e. The van der Waals surface area contributed by atoms with Crippen LogP contribution in [0.25, 0.3) is 0 Å². The fourth-order valence-electron chi connectivity index (χ4n) is 4.56. The van der Waals surface area contributed by atoms with Crippen molar-refractivity contribution in [3.8, 4) is 0 Å². The summed E-state index contributed by atoms with van der Waals surface area (Å²) < 4.78 is 0. The molecule has 7 heteroatoms. The number of likely N-dealkylation sites (tertiary alicyclic amines) is 1. The number of fused-ring (bicyclic) bond motifs is 1. The zero-order valence-corrected chi connectivity index (χ0v) is 15.6. The van der Waals surface area contributed by atoms with Crippen LogP contribution in [0.4, 0.5) is 0 Å². The van der Waals surface area contributed by atoms with Crippen molar-refractivity contribution in [2.24, 2.45) is 17.6 Å². The highest BCUT2D eigenvalue weighted by molar-refractivity contribution is 6.05. The van der Waals surface area contributed by atoms with Gasteiger partial charge in [0.1, 0.15) is 6.04 Å². The molecule has 3 atom stereocenters. The Labute approximate surface area is 158 Å². The number of hydrogen-bond donors (Lipinski definition) is 2. The van der Waals surface area contributed by atoms with Crippen molar-refractivity contribution in [3.63, 3.8) is 0 Å². The molecule has 144 valence electrons. The number of nitrogens with zero attached hydrogens (tertiary/aromatic N) is 2. The van der Waals surface area contributed by atoms with E-state index in [0.29, 0.717) is 30.4 Å². The van der Waals surface area contributed by atoms with Crippen LogP contribution in [-0.4, -0.2) is 53.2 Å². The molecule has 3 aliphatic heterocycles. The third-order valence-electron chi connectivity index (χ3n) is 6.14. The lowest BCUT2D eigenvalue weighted by Crippen LogP contribution is -2.52. The molecular weight excluding hydrogens is 344 g/mol. The third-order valence-corrected chi connectivity index (χ3v) is 6.14. The van der Waals surface area contributed by atoms with Crippen molar-refractivity contribution >= 4 is 17.7 Å². The highest BCUT2D eigenvalue weighted by Crippen LogP contribution is 2.29. The SMILES string of the molecule is CC1CN(Cc2ccc3c(c2)CN(C2CCC(=O)NC2=O)C3=O)CC1CN. The summed E-state index contributed by atoms with van der Waals surface area (Å²) in [6.07, 6.45) is 0.667. The summed E-state index contributed by atoms with van der Waals surface area (Å²) in [4.78, 5) is 40.2. The van der Waals surface area contributed by atoms with Gasteiger partial charge in [0.15, 0.2) is 0 Å². The quantitative estimate of drug-likeness (QED) is 0.752. The molecule has 0 spiro atoms. The van der Waals surface area contributed by atoms with E-state index in [4.69, 9.17) is 5.73 Å². The van der Waals surface area contributed by atoms with Crippen LogP contribution < -0.4 is 11.1 Å². The van der Waals surface area contributed by atoms with E-state index in [1.54, 1.807) is 4.90 Å². The summed E-state index contributed by atoms with van der Waals surface area (Å²) in [6, 6.07) is 5.40. The van der Waals surface area contributed by atoms with E-state index < -0.39 is 6.04 Å². The molecule has 2 fully saturated rings. The van der Waals surface area contributed by atoms with Gasteiger partial charge >= 0.3 is 0 Å². The molecule has 1 aromatic carbocycles. The fraction of sp³-hybridized carbons (Fsp3) is 0.550. The Morgan fingerprint density at radius 1 is 1.22 bits per heavy atom. The Bertz CT molecular complexity index is 793. The Morgan fingerprint density at radius 2 is 2.04 bits per heavy atom. The predicted molar refractivity (Wildman–Crippen MR) is 99.5 cm³/mol. The molecule has 7 nitrogen and oxygen atoms in total. The second kappa shape index (κ2) is 7.05. The maximum atomic E-state index is 12.7. The first kappa shape index (κ1) is 18.1. The number of nitrogens with two attached hydrogens (primary N) is 1. The Balaban J connectivity index is 1.46. The van der Waals surface area contributed by atoms with Gasteiger partial charge in [0.05, 0.1) is 0 Å². The van der Waals surface area contributed by atoms with E-state index >= 15 is 0 Å². The smallest absolute Gasteiger partial charge is 0.255 e. The minimum absolute atomic E-state index is 0.121. The van der Waals surface area contributed by atoms with Gasteiger partial charge in [0, 0.05) is 38.2 Å². The van der Waals surface area contributed by atoms with Gasteiger partial charge in [-0.2, -0.15) is 0 Å². The lowest BCUT2D eigenvalue weighted by atomic mass is 9.99. The normalized spacial score (nSPS) is 28.6. The number of imide groups is 1. The maximum absolute atomic E-state index is 12.7. The molecule has 0 bridgehead atoms. The molecule has 27 heavy (non-hydrogen) atoms. The molecule has 3 unspecified atom stereocenters. The van der Waals surface area contributed by atoms with Crippen molar-refractivity contribution in [2.45, 2.75) is 38.9 Å². The van der Waals surface area contributed by atoms with Crippen LogP contribution >= 0.6 is 0 Å². The van der Waals surface area contributed by atoms with Crippen molar-refractivity contribution < 1.29 is 14.4 Å². The van der Waals surface area contributed by atoms with E-state index in [1.165, 1.54) is 5.56 Å². The van der Waals surface area contributed by atoms with Gasteiger partial charge in [0.25, 0.3) is 5.91 Å². The molecule has 4 rings (SSSR count). The fourth-order valence-corrected chi connectivity index (χ4v) is 4.56. The van der Waals surface area contributed by atoms with Crippen molar-refractivity contribution in [1.82, 2.24) is 15.1 Å². The molecule has 2 saturated heterocycles. The molecule has 0 aliphatic carbocycles. The van der Waals surface area contributed by atoms with Crippen molar-refractivity contribution in [3.05, 3.63) is 34.9 Å². The average Bonchev–Trinajstić information content (AvgIpc) is 3.14. The number of rotatable bonds is 4. The number of piperidine rings is 1. The topological polar surface area (TPSA) is 95.7 Å². The van der Waals surface area contributed by atoms with Gasteiger partial charge in [-0.3, -0.25) is 24.6 Å². The third kappa shape index (κ3) is 3.37. The summed E-state index contributed by atoms with van der Waals surface area (Å²) in [5, 5.41) is 2.34. The first-order valence-corrected chi connectivity index (χ1v) is 9.65. The van der Waals surface area contributed by atoms with E-state index in [0.717, 1.165) is 31.7 Å². The molecule has 0 radical (unpaired) electrons. The summed E-state index contributed by atoms with van der Waals surface area (Å²) in [6.45, 7) is 6.29. The van der Waals surface area contributed by atoms with E-state index in [1.807, 2.05) is 12.1 Å². The van der Waals surface area contributed by atoms with Crippen LogP contribution in [0.2, 0.25) is 0 Å². The lowest BCUT2D eigenvalue weighted by molar-refractivity contribution is -0.136. The van der Waals surface area contributed by atoms with Crippen LogP contribution in [0.5, 0.6) is 0 Å². The summed E-state index contributed by atoms with van der Waals surface area (Å²) in [5.74, 6) is 0.395. The molecular formula is C20H26N4O3. The van der Waals surface area contributed by atoms with E-state index in [2.05, 4.69) is 23.2 Å². The van der Waals surface area contributed by atoms with Gasteiger partial charge in [-0.25, -0.2) is 0 Å². The first-order valence-electron chi connectivity index (χ1n) is 9.65. The Kier molecular flexibility index (Phi) is 4.74. The zero-order chi connectivity index (χ0) is 19.1. The van der Waals surface area contributed by atoms with Crippen LogP contribution in [0.1, 0.15) is 41.3 Å². The first-order chi connectivity index (χ1) is 13.0. The minimum Gasteiger partial charge on any atom is -0.330 e. The van der Waals surface area contributed by atoms with Gasteiger partial charge in [-0.05, 0) is 42.0 Å². The molecule has 3 heterocycles. The monoisotopic (exact) mass is 370 g/mol. The second-order valence-electron chi connectivity index (χ2n) is 8.06. The number of benzene rings is 1. The highest BCUT2D eigenvalue weighted by atomic mass is 16.2. The predicted octanol–water partition coefficient (Wildman–Crippen LogP) is 0.474. The summed E-state index contributed by atoms with van der Waals surface area (Å²) in [5.41, 5.74) is 8.66. The average molecular weight is 370 g/mol. The number of carbonyl (C=O) groups is 3. The van der Waals surface area contributed by atoms with Gasteiger partial charge in [0.2, 0.25) is 11.8 Å². The molecule has 0 aromatic heterocycles. The second-order valence-corrected chi connectivity index (χ2v) is 8.06. The van der Waals surface area contributed by atoms with Gasteiger partial charge in [-0.15, -0.1) is 0 Å². The van der Waals surface area contributed by atoms with Crippen LogP contribution in [-0.2, 0) is 22.7 Å². The van der Waals surface area contributed by atoms with Gasteiger partial charge in [-0.1, -0.05) is 19.1 Å². The number of hydrogen-bond acceptors (Lipinski definition) is 5. The molecule has 1 aromatic rings. The number of amides is 3. The van der Waals surface area contributed by atoms with Crippen molar-refractivity contribution in [2.75, 3.05) is 19.6 Å². The van der Waals surface area contributed by atoms with Crippen LogP contribution in [0, 0.1) is 11.8 Å². The van der Waals surface area contributed by atoms with E-state index in [9.17, 15) is 14.4 Å². The van der Waals surface area contributed by atoms with E-state index in [-0.39, 0.29) is 24.1 Å². The molecule has 0 saturated carbocycles. The Hall–Kier alpha value is -2.25. The largest absolute Gasteiger partial charge is 0.330 e. The van der Waals surface area contributed by atoms with Crippen LogP contribution in [0.15, 0.2) is 18.2 Å². The van der Waals surface area contributed by atoms with Crippen molar-refractivity contribution in [1.29, 1.82) is 0 Å². The standard InChI is InChI=1S/C20H26N4O3/c1-12-8-23(10-15(12)7-21)9-13-2-3-16-14(6-13)11-24(20(16)27)17-4-5-18(25)22-19(17)26/h2-3,6,12,15,17H,4-5,7-11,21H2,1H3,(H,22,25,26). The minimum atomic E-state index is -0.559. The zero-order valence-electron chi connectivity index (χ0n) is 15.6. The lowest BCUT2D eigenvalue weighted by Gasteiger charge is -2.29. The number of nitrogens with one attached hydrogen (secondary N) is 1. The number of carbonyl (C=O) groups excluding carboxylic acids is 3. The summed E-state index contributed by atoms with van der Waals surface area (Å²) >= 11 is 0. The summed E-state index contributed by atoms with van der Waals surface area (Å²) in [7, 11) is 0. The molecule has 3 aliphatic rings. The molecule has 3 N–H and O–H groups in total. The Morgan fingerprint density at radius 3 is 2.74 bits per heavy atom. The van der Waals surface area contributed by atoms with Gasteiger partial charge < -0.3 is 10.6 Å². The van der Waals surface area contributed by atoms with Crippen LogP contribution in [0.3, 0.4) is 0 Å². The molecule has 3 amide bonds. The highest BCUT2D eigenvalue weighted by Gasteiger charge is 2.39.